The minimum atomic E-state index is -4.06. The summed E-state index contributed by atoms with van der Waals surface area (Å²) in [6.07, 6.45) is -0.0465. The molecule has 0 atom stereocenters. The van der Waals surface area contributed by atoms with Crippen LogP contribution in [-0.4, -0.2) is 26.0 Å². The molecule has 9 heteroatoms. The summed E-state index contributed by atoms with van der Waals surface area (Å²) in [6, 6.07) is 10.4. The van der Waals surface area contributed by atoms with E-state index in [2.05, 4.69) is 0 Å². The molecule has 0 aromatic heterocycles. The predicted molar refractivity (Wildman–Crippen MR) is 99.3 cm³/mol. The van der Waals surface area contributed by atoms with Crippen molar-refractivity contribution < 1.29 is 18.3 Å². The van der Waals surface area contributed by atoms with Crippen LogP contribution in [-0.2, 0) is 14.8 Å². The molecule has 5 nitrogen and oxygen atoms in total. The van der Waals surface area contributed by atoms with Crippen LogP contribution in [0, 0.1) is 0 Å². The van der Waals surface area contributed by atoms with E-state index in [0.29, 0.717) is 10.7 Å². The third-order valence-corrected chi connectivity index (χ3v) is 6.09. The van der Waals surface area contributed by atoms with Crippen molar-refractivity contribution in [1.29, 1.82) is 0 Å². The van der Waals surface area contributed by atoms with Crippen molar-refractivity contribution in [3.63, 3.8) is 0 Å². The van der Waals surface area contributed by atoms with Gasteiger partial charge in [-0.05, 0) is 42.8 Å². The van der Waals surface area contributed by atoms with Crippen LogP contribution in [0.1, 0.15) is 12.8 Å². The molecule has 0 bridgehead atoms. The fourth-order valence-corrected chi connectivity index (χ4v) is 4.61. The number of sulfonamides is 1. The number of anilines is 1. The molecule has 2 aromatic carbocycles. The standard InChI is InChI=1S/C16H14Cl3NO4S/c17-11-3-1-4-13(9-11)20(8-2-5-16(21)22)25(23,24)15-10-12(18)6-7-14(15)19/h1,3-4,6-7,9-10H,2,5,8H2,(H,21,22). The Morgan fingerprint density at radius 1 is 1.04 bits per heavy atom. The van der Waals surface area contributed by atoms with Gasteiger partial charge in [0, 0.05) is 23.0 Å². The van der Waals surface area contributed by atoms with E-state index in [0.717, 1.165) is 4.31 Å². The van der Waals surface area contributed by atoms with E-state index >= 15 is 0 Å². The van der Waals surface area contributed by atoms with E-state index in [4.69, 9.17) is 39.9 Å². The maximum absolute atomic E-state index is 13.1. The number of carboxylic acid groups (broad SMARTS) is 1. The number of hydrogen-bond donors (Lipinski definition) is 1. The molecule has 2 rings (SSSR count). The second-order valence-corrected chi connectivity index (χ2v) is 8.24. The average molecular weight is 423 g/mol. The van der Waals surface area contributed by atoms with Gasteiger partial charge in [-0.3, -0.25) is 9.10 Å². The highest BCUT2D eigenvalue weighted by Gasteiger charge is 2.27. The zero-order valence-electron chi connectivity index (χ0n) is 12.8. The van der Waals surface area contributed by atoms with Crippen LogP contribution < -0.4 is 4.31 Å². The lowest BCUT2D eigenvalue weighted by molar-refractivity contribution is -0.137. The molecule has 0 radical (unpaired) electrons. The molecule has 0 fully saturated rings. The van der Waals surface area contributed by atoms with Gasteiger partial charge in [-0.1, -0.05) is 40.9 Å². The number of benzene rings is 2. The van der Waals surface area contributed by atoms with Gasteiger partial charge < -0.3 is 5.11 Å². The third-order valence-electron chi connectivity index (χ3n) is 3.31. The summed E-state index contributed by atoms with van der Waals surface area (Å²) in [5.41, 5.74) is 0.314. The Morgan fingerprint density at radius 2 is 1.72 bits per heavy atom. The van der Waals surface area contributed by atoms with Gasteiger partial charge in [0.05, 0.1) is 10.7 Å². The van der Waals surface area contributed by atoms with Crippen molar-refractivity contribution in [3.8, 4) is 0 Å². The maximum atomic E-state index is 13.1. The molecule has 0 amide bonds. The van der Waals surface area contributed by atoms with Gasteiger partial charge in [0.15, 0.2) is 0 Å². The Kier molecular flexibility index (Phi) is 6.57. The second kappa shape index (κ2) is 8.27. The van der Waals surface area contributed by atoms with Crippen molar-refractivity contribution in [1.82, 2.24) is 0 Å². The summed E-state index contributed by atoms with van der Waals surface area (Å²) in [4.78, 5) is 10.6. The summed E-state index contributed by atoms with van der Waals surface area (Å²) in [5, 5.41) is 9.41. The molecule has 25 heavy (non-hydrogen) atoms. The summed E-state index contributed by atoms with van der Waals surface area (Å²) < 4.78 is 27.3. The highest BCUT2D eigenvalue weighted by molar-refractivity contribution is 7.93. The highest BCUT2D eigenvalue weighted by Crippen LogP contribution is 2.31. The largest absolute Gasteiger partial charge is 0.481 e. The number of carboxylic acids is 1. The molecule has 0 aliphatic heterocycles. The van der Waals surface area contributed by atoms with Gasteiger partial charge in [0.25, 0.3) is 10.0 Å². The van der Waals surface area contributed by atoms with Crippen LogP contribution >= 0.6 is 34.8 Å². The zero-order chi connectivity index (χ0) is 18.6. The number of halogens is 3. The first-order chi connectivity index (χ1) is 11.7. The van der Waals surface area contributed by atoms with Crippen molar-refractivity contribution in [2.45, 2.75) is 17.7 Å². The molecule has 0 unspecified atom stereocenters. The summed E-state index contributed by atoms with van der Waals surface area (Å²) in [5.74, 6) is -1.01. The Balaban J connectivity index is 2.49. The number of nitrogens with zero attached hydrogens (tertiary/aromatic N) is 1. The minimum Gasteiger partial charge on any atom is -0.481 e. The normalized spacial score (nSPS) is 11.3. The average Bonchev–Trinajstić information content (AvgIpc) is 2.53. The van der Waals surface area contributed by atoms with E-state index in [1.54, 1.807) is 18.2 Å². The van der Waals surface area contributed by atoms with Crippen molar-refractivity contribution >= 4 is 56.5 Å². The first-order valence-corrected chi connectivity index (χ1v) is 9.74. The lowest BCUT2D eigenvalue weighted by Crippen LogP contribution is -2.32. The van der Waals surface area contributed by atoms with E-state index in [1.165, 1.54) is 24.3 Å². The molecular formula is C16H14Cl3NO4S. The quantitative estimate of drug-likeness (QED) is 0.701. The van der Waals surface area contributed by atoms with Gasteiger partial charge in [-0.2, -0.15) is 0 Å². The van der Waals surface area contributed by atoms with Crippen molar-refractivity contribution in [3.05, 3.63) is 57.5 Å². The smallest absolute Gasteiger partial charge is 0.303 e. The molecule has 0 aliphatic rings. The molecular weight excluding hydrogens is 409 g/mol. The second-order valence-electron chi connectivity index (χ2n) is 5.13. The van der Waals surface area contributed by atoms with E-state index < -0.39 is 16.0 Å². The fourth-order valence-electron chi connectivity index (χ4n) is 2.19. The maximum Gasteiger partial charge on any atom is 0.303 e. The van der Waals surface area contributed by atoms with Crippen LogP contribution in [0.4, 0.5) is 5.69 Å². The number of hydrogen-bond acceptors (Lipinski definition) is 3. The lowest BCUT2D eigenvalue weighted by Gasteiger charge is -2.25. The first-order valence-electron chi connectivity index (χ1n) is 7.17. The topological polar surface area (TPSA) is 74.7 Å². The van der Waals surface area contributed by atoms with Gasteiger partial charge in [-0.25, -0.2) is 8.42 Å². The summed E-state index contributed by atoms with van der Waals surface area (Å²) in [6.45, 7) is -0.0438. The third kappa shape index (κ3) is 5.01. The minimum absolute atomic E-state index is 0.0228. The van der Waals surface area contributed by atoms with E-state index in [1.807, 2.05) is 0 Å². The summed E-state index contributed by atoms with van der Waals surface area (Å²) in [7, 11) is -4.06. The number of aliphatic carboxylic acids is 1. The number of carbonyl (C=O) groups is 1. The van der Waals surface area contributed by atoms with Crippen LogP contribution in [0.3, 0.4) is 0 Å². The highest BCUT2D eigenvalue weighted by atomic mass is 35.5. The predicted octanol–water partition coefficient (Wildman–Crippen LogP) is 4.71. The number of rotatable bonds is 7. The van der Waals surface area contributed by atoms with Gasteiger partial charge >= 0.3 is 5.97 Å². The molecule has 0 heterocycles. The van der Waals surface area contributed by atoms with Crippen LogP contribution in [0.15, 0.2) is 47.4 Å². The van der Waals surface area contributed by atoms with Crippen LogP contribution in [0.5, 0.6) is 0 Å². The van der Waals surface area contributed by atoms with Gasteiger partial charge in [-0.15, -0.1) is 0 Å². The SMILES string of the molecule is O=C(O)CCCN(c1cccc(Cl)c1)S(=O)(=O)c1cc(Cl)ccc1Cl. The Hall–Kier alpha value is -1.47. The molecule has 0 saturated carbocycles. The van der Waals surface area contributed by atoms with Crippen molar-refractivity contribution in [2.24, 2.45) is 0 Å². The molecule has 0 spiro atoms. The first kappa shape index (κ1) is 19.8. The van der Waals surface area contributed by atoms with E-state index in [9.17, 15) is 13.2 Å². The van der Waals surface area contributed by atoms with Crippen LogP contribution in [0.2, 0.25) is 15.1 Å². The molecule has 0 aliphatic carbocycles. The molecule has 134 valence electrons. The molecule has 2 aromatic rings. The Bertz CT molecular complexity index is 887. The molecule has 0 saturated heterocycles. The monoisotopic (exact) mass is 421 g/mol. The van der Waals surface area contributed by atoms with Gasteiger partial charge in [0.2, 0.25) is 0 Å². The fraction of sp³-hybridized carbons (Fsp3) is 0.188. The Labute approximate surface area is 160 Å². The van der Waals surface area contributed by atoms with Gasteiger partial charge in [0.1, 0.15) is 4.90 Å². The summed E-state index contributed by atoms with van der Waals surface area (Å²) >= 11 is 17.9. The lowest BCUT2D eigenvalue weighted by atomic mass is 10.3. The zero-order valence-corrected chi connectivity index (χ0v) is 15.9. The van der Waals surface area contributed by atoms with Crippen molar-refractivity contribution in [2.75, 3.05) is 10.8 Å². The van der Waals surface area contributed by atoms with E-state index in [-0.39, 0.29) is 34.3 Å². The Morgan fingerprint density at radius 3 is 2.36 bits per heavy atom. The molecule has 1 N–H and O–H groups in total. The van der Waals surface area contributed by atoms with Crippen LogP contribution in [0.25, 0.3) is 0 Å².